The number of hydrogen-bond acceptors (Lipinski definition) is 4. The standard InChI is InChI=1S/C31H39N3O4/c1-23(2)28(35)33-19-15-31(16-20-33)34(29(36)26-11-7-4-8-12-26)27(22-38-31)30(37)32-17-13-25(14-18-32)21-24-9-5-3-6-10-24/h3-12,23,25,27H,13-22H2,1-2H3. The predicted octanol–water partition coefficient (Wildman–Crippen LogP) is 3.98. The van der Waals surface area contributed by atoms with Crippen molar-refractivity contribution in [1.29, 1.82) is 0 Å². The first-order valence-electron chi connectivity index (χ1n) is 14.0. The number of ether oxygens (including phenoxy) is 1. The van der Waals surface area contributed by atoms with Crippen LogP contribution in [0.3, 0.4) is 0 Å². The van der Waals surface area contributed by atoms with Crippen molar-refractivity contribution < 1.29 is 19.1 Å². The molecule has 0 saturated carbocycles. The summed E-state index contributed by atoms with van der Waals surface area (Å²) in [6.07, 6.45) is 3.96. The minimum Gasteiger partial charge on any atom is -0.353 e. The van der Waals surface area contributed by atoms with Gasteiger partial charge in [0.05, 0.1) is 6.61 Å². The number of carbonyl (C=O) groups excluding carboxylic acids is 3. The summed E-state index contributed by atoms with van der Waals surface area (Å²) < 4.78 is 6.37. The smallest absolute Gasteiger partial charge is 0.256 e. The Bertz CT molecular complexity index is 1120. The number of benzene rings is 2. The Labute approximate surface area is 225 Å². The lowest BCUT2D eigenvalue weighted by Crippen LogP contribution is -2.60. The van der Waals surface area contributed by atoms with Crippen molar-refractivity contribution in [1.82, 2.24) is 14.7 Å². The molecule has 1 atom stereocenters. The maximum Gasteiger partial charge on any atom is 0.256 e. The molecule has 3 fully saturated rings. The van der Waals surface area contributed by atoms with Gasteiger partial charge >= 0.3 is 0 Å². The van der Waals surface area contributed by atoms with Crippen LogP contribution >= 0.6 is 0 Å². The zero-order valence-electron chi connectivity index (χ0n) is 22.6. The summed E-state index contributed by atoms with van der Waals surface area (Å²) in [5.41, 5.74) is 1.02. The van der Waals surface area contributed by atoms with E-state index in [0.29, 0.717) is 50.5 Å². The number of rotatable bonds is 5. The van der Waals surface area contributed by atoms with Gasteiger partial charge in [-0.1, -0.05) is 62.4 Å². The van der Waals surface area contributed by atoms with Gasteiger partial charge in [-0.2, -0.15) is 0 Å². The third kappa shape index (κ3) is 5.35. The Kier molecular flexibility index (Phi) is 7.84. The molecule has 7 heteroatoms. The van der Waals surface area contributed by atoms with E-state index in [-0.39, 0.29) is 30.2 Å². The van der Waals surface area contributed by atoms with Gasteiger partial charge in [0.25, 0.3) is 5.91 Å². The van der Waals surface area contributed by atoms with Crippen molar-refractivity contribution in [2.75, 3.05) is 32.8 Å². The first kappa shape index (κ1) is 26.4. The van der Waals surface area contributed by atoms with Crippen LogP contribution in [0.2, 0.25) is 0 Å². The molecule has 0 N–H and O–H groups in total. The molecule has 202 valence electrons. The zero-order valence-corrected chi connectivity index (χ0v) is 22.6. The molecule has 38 heavy (non-hydrogen) atoms. The summed E-state index contributed by atoms with van der Waals surface area (Å²) in [6.45, 7) is 6.43. The SMILES string of the molecule is CC(C)C(=O)N1CCC2(CC1)OCC(C(=O)N1CCC(Cc3ccccc3)CC1)N2C(=O)c1ccccc1. The zero-order chi connectivity index (χ0) is 26.7. The van der Waals surface area contributed by atoms with Crippen molar-refractivity contribution in [2.24, 2.45) is 11.8 Å². The quantitative estimate of drug-likeness (QED) is 0.602. The lowest BCUT2D eigenvalue weighted by Gasteiger charge is -2.45. The highest BCUT2D eigenvalue weighted by molar-refractivity contribution is 5.98. The van der Waals surface area contributed by atoms with Crippen LogP contribution in [0.4, 0.5) is 0 Å². The highest BCUT2D eigenvalue weighted by Gasteiger charge is 2.55. The van der Waals surface area contributed by atoms with E-state index in [4.69, 9.17) is 4.74 Å². The van der Waals surface area contributed by atoms with Gasteiger partial charge in [0.2, 0.25) is 11.8 Å². The Balaban J connectivity index is 1.30. The van der Waals surface area contributed by atoms with E-state index in [1.807, 2.05) is 47.9 Å². The van der Waals surface area contributed by atoms with Gasteiger partial charge in [-0.3, -0.25) is 19.3 Å². The van der Waals surface area contributed by atoms with E-state index in [1.54, 1.807) is 17.0 Å². The summed E-state index contributed by atoms with van der Waals surface area (Å²) in [5.74, 6) is 0.395. The van der Waals surface area contributed by atoms with Crippen LogP contribution in [0.1, 0.15) is 55.5 Å². The molecule has 5 rings (SSSR count). The van der Waals surface area contributed by atoms with E-state index >= 15 is 0 Å². The average molecular weight is 518 g/mol. The molecule has 0 bridgehead atoms. The molecule has 7 nitrogen and oxygen atoms in total. The Morgan fingerprint density at radius 3 is 2.08 bits per heavy atom. The van der Waals surface area contributed by atoms with E-state index < -0.39 is 11.8 Å². The van der Waals surface area contributed by atoms with Gasteiger partial charge in [-0.15, -0.1) is 0 Å². The second-order valence-corrected chi connectivity index (χ2v) is 11.3. The molecule has 0 radical (unpaired) electrons. The maximum atomic E-state index is 13.9. The number of amides is 3. The molecule has 3 amide bonds. The predicted molar refractivity (Wildman–Crippen MR) is 145 cm³/mol. The van der Waals surface area contributed by atoms with Crippen LogP contribution in [0.25, 0.3) is 0 Å². The largest absolute Gasteiger partial charge is 0.353 e. The van der Waals surface area contributed by atoms with Crippen LogP contribution in [0.15, 0.2) is 60.7 Å². The molecule has 3 aliphatic heterocycles. The highest BCUT2D eigenvalue weighted by Crippen LogP contribution is 2.39. The molecule has 1 unspecified atom stereocenters. The Hall–Kier alpha value is -3.19. The topological polar surface area (TPSA) is 70.2 Å². The molecular formula is C31H39N3O4. The van der Waals surface area contributed by atoms with Crippen LogP contribution in [0, 0.1) is 11.8 Å². The molecule has 3 aliphatic rings. The van der Waals surface area contributed by atoms with E-state index in [1.165, 1.54) is 5.56 Å². The molecule has 2 aromatic carbocycles. The number of piperidine rings is 2. The fourth-order valence-electron chi connectivity index (χ4n) is 6.23. The first-order valence-corrected chi connectivity index (χ1v) is 14.0. The lowest BCUT2D eigenvalue weighted by atomic mass is 9.90. The lowest BCUT2D eigenvalue weighted by molar-refractivity contribution is -0.147. The van der Waals surface area contributed by atoms with Crippen LogP contribution in [-0.4, -0.2) is 77.0 Å². The van der Waals surface area contributed by atoms with Gasteiger partial charge in [0, 0.05) is 50.5 Å². The molecule has 3 saturated heterocycles. The van der Waals surface area contributed by atoms with Gasteiger partial charge < -0.3 is 14.5 Å². The van der Waals surface area contributed by atoms with E-state index in [2.05, 4.69) is 24.3 Å². The van der Waals surface area contributed by atoms with Crippen molar-refractivity contribution in [3.63, 3.8) is 0 Å². The summed E-state index contributed by atoms with van der Waals surface area (Å²) in [5, 5.41) is 0. The van der Waals surface area contributed by atoms with Gasteiger partial charge in [0.1, 0.15) is 11.8 Å². The minimum atomic E-state index is -0.868. The highest BCUT2D eigenvalue weighted by atomic mass is 16.5. The van der Waals surface area contributed by atoms with Crippen molar-refractivity contribution in [3.05, 3.63) is 71.8 Å². The summed E-state index contributed by atoms with van der Waals surface area (Å²) in [7, 11) is 0. The third-order valence-electron chi connectivity index (χ3n) is 8.43. The van der Waals surface area contributed by atoms with Crippen LogP contribution in [0.5, 0.6) is 0 Å². The minimum absolute atomic E-state index is 0.0231. The molecule has 0 aliphatic carbocycles. The second-order valence-electron chi connectivity index (χ2n) is 11.3. The number of nitrogens with zero attached hydrogens (tertiary/aromatic N) is 3. The van der Waals surface area contributed by atoms with Crippen molar-refractivity contribution in [3.8, 4) is 0 Å². The van der Waals surface area contributed by atoms with Crippen LogP contribution < -0.4 is 0 Å². The molecule has 2 aromatic rings. The third-order valence-corrected chi connectivity index (χ3v) is 8.43. The number of likely N-dealkylation sites (tertiary alicyclic amines) is 2. The van der Waals surface area contributed by atoms with Crippen molar-refractivity contribution >= 4 is 17.7 Å². The summed E-state index contributed by atoms with van der Waals surface area (Å²) in [4.78, 5) is 45.9. The molecular weight excluding hydrogens is 478 g/mol. The van der Waals surface area contributed by atoms with Crippen molar-refractivity contribution in [2.45, 2.75) is 57.7 Å². The first-order chi connectivity index (χ1) is 18.4. The maximum absolute atomic E-state index is 13.9. The summed E-state index contributed by atoms with van der Waals surface area (Å²) in [6, 6.07) is 19.0. The fraction of sp³-hybridized carbons (Fsp3) is 0.516. The number of carbonyl (C=O) groups is 3. The van der Waals surface area contributed by atoms with Gasteiger partial charge in [-0.05, 0) is 42.9 Å². The molecule has 1 spiro atoms. The average Bonchev–Trinajstić information content (AvgIpc) is 3.32. The fourth-order valence-corrected chi connectivity index (χ4v) is 6.23. The Morgan fingerprint density at radius 1 is 0.868 bits per heavy atom. The molecule has 3 heterocycles. The monoisotopic (exact) mass is 517 g/mol. The van der Waals surface area contributed by atoms with E-state index in [0.717, 1.165) is 19.3 Å². The Morgan fingerprint density at radius 2 is 1.47 bits per heavy atom. The van der Waals surface area contributed by atoms with E-state index in [9.17, 15) is 14.4 Å². The normalized spacial score (nSPS) is 21.8. The second kappa shape index (κ2) is 11.3. The van der Waals surface area contributed by atoms with Gasteiger partial charge in [0.15, 0.2) is 0 Å². The number of hydrogen-bond donors (Lipinski definition) is 0. The van der Waals surface area contributed by atoms with Crippen LogP contribution in [-0.2, 0) is 20.7 Å². The molecule has 0 aromatic heterocycles. The summed E-state index contributed by atoms with van der Waals surface area (Å²) >= 11 is 0. The van der Waals surface area contributed by atoms with Gasteiger partial charge in [-0.25, -0.2) is 0 Å².